The maximum atomic E-state index is 13.9. The standard InChI is InChI=1S/C14H14F2N2O/c1-9(18-10-3-6-14(16)17-8-10)12-5-4-11(19-2)7-13(12)15/h3-9,18H,1-2H3. The van der Waals surface area contributed by atoms with Gasteiger partial charge in [-0.25, -0.2) is 9.37 Å². The molecule has 0 amide bonds. The fourth-order valence-electron chi connectivity index (χ4n) is 1.77. The zero-order chi connectivity index (χ0) is 13.8. The summed E-state index contributed by atoms with van der Waals surface area (Å²) in [6.45, 7) is 1.81. The Labute approximate surface area is 110 Å². The monoisotopic (exact) mass is 264 g/mol. The summed E-state index contributed by atoms with van der Waals surface area (Å²) in [7, 11) is 1.49. The number of nitrogens with zero attached hydrogens (tertiary/aromatic N) is 1. The number of methoxy groups -OCH3 is 1. The topological polar surface area (TPSA) is 34.1 Å². The van der Waals surface area contributed by atoms with Gasteiger partial charge in [-0.3, -0.25) is 0 Å². The van der Waals surface area contributed by atoms with E-state index in [-0.39, 0.29) is 11.9 Å². The third-order valence-electron chi connectivity index (χ3n) is 2.78. The van der Waals surface area contributed by atoms with Crippen LogP contribution in [0.25, 0.3) is 0 Å². The van der Waals surface area contributed by atoms with Crippen LogP contribution < -0.4 is 10.1 Å². The maximum absolute atomic E-state index is 13.9. The molecule has 5 heteroatoms. The van der Waals surface area contributed by atoms with Crippen molar-refractivity contribution in [2.24, 2.45) is 0 Å². The van der Waals surface area contributed by atoms with E-state index >= 15 is 0 Å². The Morgan fingerprint density at radius 1 is 1.21 bits per heavy atom. The second-order valence-corrected chi connectivity index (χ2v) is 4.12. The van der Waals surface area contributed by atoms with Gasteiger partial charge in [-0.05, 0) is 25.1 Å². The molecule has 1 aromatic carbocycles. The molecule has 2 rings (SSSR count). The Morgan fingerprint density at radius 2 is 2.00 bits per heavy atom. The summed E-state index contributed by atoms with van der Waals surface area (Å²) in [5.41, 5.74) is 1.13. The average Bonchev–Trinajstić information content (AvgIpc) is 2.41. The molecule has 2 aromatic rings. The Hall–Kier alpha value is -2.17. The first-order valence-electron chi connectivity index (χ1n) is 5.81. The zero-order valence-electron chi connectivity index (χ0n) is 10.7. The lowest BCUT2D eigenvalue weighted by atomic mass is 10.1. The highest BCUT2D eigenvalue weighted by atomic mass is 19.1. The third-order valence-corrected chi connectivity index (χ3v) is 2.78. The number of nitrogens with one attached hydrogen (secondary N) is 1. The summed E-state index contributed by atoms with van der Waals surface area (Å²) in [4.78, 5) is 3.53. The van der Waals surface area contributed by atoms with Crippen LogP contribution in [-0.4, -0.2) is 12.1 Å². The molecule has 1 atom stereocenters. The fourth-order valence-corrected chi connectivity index (χ4v) is 1.77. The normalized spacial score (nSPS) is 12.0. The van der Waals surface area contributed by atoms with E-state index in [2.05, 4.69) is 10.3 Å². The van der Waals surface area contributed by atoms with E-state index in [0.717, 1.165) is 0 Å². The maximum Gasteiger partial charge on any atom is 0.212 e. The van der Waals surface area contributed by atoms with Gasteiger partial charge < -0.3 is 10.1 Å². The first-order chi connectivity index (χ1) is 9.10. The average molecular weight is 264 g/mol. The predicted octanol–water partition coefficient (Wildman–Crippen LogP) is 3.54. The minimum absolute atomic E-state index is 0.266. The van der Waals surface area contributed by atoms with Gasteiger partial charge in [-0.1, -0.05) is 6.07 Å². The second kappa shape index (κ2) is 5.65. The van der Waals surface area contributed by atoms with Gasteiger partial charge in [0.15, 0.2) is 0 Å². The summed E-state index contributed by atoms with van der Waals surface area (Å²) >= 11 is 0. The highest BCUT2D eigenvalue weighted by molar-refractivity contribution is 5.43. The number of pyridine rings is 1. The van der Waals surface area contributed by atoms with Crippen LogP contribution in [0.15, 0.2) is 36.5 Å². The summed E-state index contributed by atoms with van der Waals surface area (Å²) < 4.78 is 31.5. The first-order valence-corrected chi connectivity index (χ1v) is 5.81. The van der Waals surface area contributed by atoms with Crippen LogP contribution in [-0.2, 0) is 0 Å². The number of hydrogen-bond donors (Lipinski definition) is 1. The van der Waals surface area contributed by atoms with Crippen molar-refractivity contribution in [2.45, 2.75) is 13.0 Å². The highest BCUT2D eigenvalue weighted by Crippen LogP contribution is 2.24. The molecule has 1 heterocycles. The number of benzene rings is 1. The molecule has 0 spiro atoms. The third kappa shape index (κ3) is 3.19. The van der Waals surface area contributed by atoms with E-state index in [0.29, 0.717) is 17.0 Å². The van der Waals surface area contributed by atoms with Crippen molar-refractivity contribution in [2.75, 3.05) is 12.4 Å². The molecule has 0 fully saturated rings. The molecule has 0 aliphatic rings. The van der Waals surface area contributed by atoms with Crippen molar-refractivity contribution in [3.8, 4) is 5.75 Å². The molecule has 0 saturated carbocycles. The molecular formula is C14H14F2N2O. The van der Waals surface area contributed by atoms with Gasteiger partial charge in [0.05, 0.1) is 25.0 Å². The summed E-state index contributed by atoms with van der Waals surface area (Å²) in [6.07, 6.45) is 1.37. The summed E-state index contributed by atoms with van der Waals surface area (Å²) in [5, 5.41) is 3.05. The first kappa shape index (κ1) is 13.3. The number of rotatable bonds is 4. The lowest BCUT2D eigenvalue weighted by Gasteiger charge is -2.16. The van der Waals surface area contributed by atoms with Crippen molar-refractivity contribution >= 4 is 5.69 Å². The van der Waals surface area contributed by atoms with Crippen LogP contribution in [0.1, 0.15) is 18.5 Å². The zero-order valence-corrected chi connectivity index (χ0v) is 10.7. The van der Waals surface area contributed by atoms with Gasteiger partial charge in [0.1, 0.15) is 11.6 Å². The Balaban J connectivity index is 2.15. The summed E-state index contributed by atoms with van der Waals surface area (Å²) in [5.74, 6) is -0.430. The molecular weight excluding hydrogens is 250 g/mol. The van der Waals surface area contributed by atoms with Gasteiger partial charge in [-0.15, -0.1) is 0 Å². The highest BCUT2D eigenvalue weighted by Gasteiger charge is 2.11. The molecule has 0 aliphatic carbocycles. The Kier molecular flexibility index (Phi) is 3.94. The predicted molar refractivity (Wildman–Crippen MR) is 69.2 cm³/mol. The van der Waals surface area contributed by atoms with Crippen LogP contribution in [0, 0.1) is 11.8 Å². The minimum atomic E-state index is -0.547. The van der Waals surface area contributed by atoms with Crippen molar-refractivity contribution in [3.05, 3.63) is 53.9 Å². The van der Waals surface area contributed by atoms with Crippen LogP contribution in [0.5, 0.6) is 5.75 Å². The van der Waals surface area contributed by atoms with Crippen LogP contribution in [0.2, 0.25) is 0 Å². The molecule has 1 N–H and O–H groups in total. The lowest BCUT2D eigenvalue weighted by molar-refractivity contribution is 0.410. The fraction of sp³-hybridized carbons (Fsp3) is 0.214. The Bertz CT molecular complexity index is 558. The largest absolute Gasteiger partial charge is 0.497 e. The van der Waals surface area contributed by atoms with Crippen LogP contribution >= 0.6 is 0 Å². The quantitative estimate of drug-likeness (QED) is 0.858. The number of hydrogen-bond acceptors (Lipinski definition) is 3. The van der Waals surface area contributed by atoms with E-state index in [9.17, 15) is 8.78 Å². The molecule has 100 valence electrons. The van der Waals surface area contributed by atoms with E-state index in [1.807, 2.05) is 6.92 Å². The second-order valence-electron chi connectivity index (χ2n) is 4.12. The molecule has 0 aliphatic heterocycles. The van der Waals surface area contributed by atoms with Gasteiger partial charge in [-0.2, -0.15) is 4.39 Å². The van der Waals surface area contributed by atoms with Gasteiger partial charge in [0.2, 0.25) is 5.95 Å². The molecule has 0 radical (unpaired) electrons. The molecule has 0 bridgehead atoms. The van der Waals surface area contributed by atoms with E-state index in [1.165, 1.54) is 25.4 Å². The molecule has 0 saturated heterocycles. The molecule has 1 aromatic heterocycles. The molecule has 3 nitrogen and oxygen atoms in total. The van der Waals surface area contributed by atoms with Crippen LogP contribution in [0.3, 0.4) is 0 Å². The van der Waals surface area contributed by atoms with Gasteiger partial charge in [0, 0.05) is 11.6 Å². The Morgan fingerprint density at radius 3 is 2.58 bits per heavy atom. The number of halogens is 2. The number of ether oxygens (including phenoxy) is 1. The minimum Gasteiger partial charge on any atom is -0.497 e. The van der Waals surface area contributed by atoms with Crippen molar-refractivity contribution < 1.29 is 13.5 Å². The SMILES string of the molecule is COc1ccc(C(C)Nc2ccc(F)nc2)c(F)c1. The number of aromatic nitrogens is 1. The van der Waals surface area contributed by atoms with Gasteiger partial charge >= 0.3 is 0 Å². The van der Waals surface area contributed by atoms with Gasteiger partial charge in [0.25, 0.3) is 0 Å². The summed E-state index contributed by atoms with van der Waals surface area (Å²) in [6, 6.07) is 7.22. The molecule has 19 heavy (non-hydrogen) atoms. The van der Waals surface area contributed by atoms with E-state index in [1.54, 1.807) is 18.2 Å². The van der Waals surface area contributed by atoms with Crippen molar-refractivity contribution in [1.29, 1.82) is 0 Å². The smallest absolute Gasteiger partial charge is 0.212 e. The van der Waals surface area contributed by atoms with E-state index in [4.69, 9.17) is 4.74 Å². The molecule has 1 unspecified atom stereocenters. The number of anilines is 1. The van der Waals surface area contributed by atoms with Crippen molar-refractivity contribution in [3.63, 3.8) is 0 Å². The van der Waals surface area contributed by atoms with Crippen molar-refractivity contribution in [1.82, 2.24) is 4.98 Å². The lowest BCUT2D eigenvalue weighted by Crippen LogP contribution is -2.09. The van der Waals surface area contributed by atoms with Crippen LogP contribution in [0.4, 0.5) is 14.5 Å². The van der Waals surface area contributed by atoms with E-state index < -0.39 is 5.95 Å².